The number of halogens is 3. The van der Waals surface area contributed by atoms with Crippen molar-refractivity contribution in [1.29, 1.82) is 0 Å². The first-order valence-electron chi connectivity index (χ1n) is 2.98. The Hall–Kier alpha value is -0.290. The molecule has 0 radical (unpaired) electrons. The van der Waals surface area contributed by atoms with E-state index in [4.69, 9.17) is 0 Å². The van der Waals surface area contributed by atoms with Crippen LogP contribution in [0.15, 0.2) is 0 Å². The Balaban J connectivity index is 2.67. The van der Waals surface area contributed by atoms with Crippen molar-refractivity contribution < 1.29 is 13.2 Å². The van der Waals surface area contributed by atoms with Gasteiger partial charge in [-0.15, -0.1) is 0 Å². The van der Waals surface area contributed by atoms with E-state index in [0.717, 1.165) is 6.92 Å². The van der Waals surface area contributed by atoms with Crippen LogP contribution in [0.1, 0.15) is 6.92 Å². The predicted molar refractivity (Wildman–Crippen MR) is 30.5 cm³/mol. The van der Waals surface area contributed by atoms with Gasteiger partial charge in [-0.25, -0.2) is 0 Å². The van der Waals surface area contributed by atoms with Crippen molar-refractivity contribution in [3.63, 3.8) is 0 Å². The second kappa shape index (κ2) is 2.10. The van der Waals surface area contributed by atoms with Crippen LogP contribution in [-0.2, 0) is 0 Å². The Bertz CT molecular complexity index is 125. The summed E-state index contributed by atoms with van der Waals surface area (Å²) in [5, 5.41) is 4.93. The second-order valence-electron chi connectivity index (χ2n) is 2.61. The summed E-state index contributed by atoms with van der Waals surface area (Å²) in [6.45, 7) is 1.33. The van der Waals surface area contributed by atoms with E-state index in [1.165, 1.54) is 0 Å². The first kappa shape index (κ1) is 7.81. The molecule has 60 valence electrons. The molecule has 0 bridgehead atoms. The van der Waals surface area contributed by atoms with E-state index in [1.807, 2.05) is 0 Å². The van der Waals surface area contributed by atoms with Gasteiger partial charge in [0.2, 0.25) is 0 Å². The maximum absolute atomic E-state index is 12.0. The summed E-state index contributed by atoms with van der Waals surface area (Å²) in [4.78, 5) is 0. The molecule has 10 heavy (non-hydrogen) atoms. The molecule has 1 atom stereocenters. The van der Waals surface area contributed by atoms with Gasteiger partial charge >= 0.3 is 6.18 Å². The predicted octanol–water partition coefficient (Wildman–Crippen LogP) is 0.458. The third-order valence-electron chi connectivity index (χ3n) is 1.71. The Labute approximate surface area is 56.8 Å². The second-order valence-corrected chi connectivity index (χ2v) is 2.61. The van der Waals surface area contributed by atoms with E-state index in [9.17, 15) is 13.2 Å². The maximum Gasteiger partial charge on any atom is 0.407 e. The summed E-state index contributed by atoms with van der Waals surface area (Å²) in [6, 6.07) is 0. The normalized spacial score (nSPS) is 34.8. The standard InChI is InChI=1S/C5H9F3N2/c1-4(5(6,7)8)2-9-3-10-4/h9-10H,2-3H2,1H3/t4-/m0/s1. The number of nitrogens with one attached hydrogen (secondary N) is 2. The third kappa shape index (κ3) is 1.11. The van der Waals surface area contributed by atoms with Crippen molar-refractivity contribution in [3.8, 4) is 0 Å². The summed E-state index contributed by atoms with van der Waals surface area (Å²) in [5.74, 6) is 0. The first-order valence-corrected chi connectivity index (χ1v) is 2.98. The fraction of sp³-hybridized carbons (Fsp3) is 1.00. The Morgan fingerprint density at radius 1 is 1.40 bits per heavy atom. The number of rotatable bonds is 0. The summed E-state index contributed by atoms with van der Waals surface area (Å²) < 4.78 is 36.1. The van der Waals surface area contributed by atoms with Crippen molar-refractivity contribution in [2.45, 2.75) is 18.6 Å². The average molecular weight is 154 g/mol. The Morgan fingerprint density at radius 2 is 2.00 bits per heavy atom. The molecule has 0 spiro atoms. The quantitative estimate of drug-likeness (QED) is 0.529. The molecule has 0 unspecified atom stereocenters. The van der Waals surface area contributed by atoms with Crippen LogP contribution in [0.2, 0.25) is 0 Å². The van der Waals surface area contributed by atoms with E-state index in [2.05, 4.69) is 10.6 Å². The molecule has 0 amide bonds. The minimum absolute atomic E-state index is 0.0451. The average Bonchev–Trinajstić information content (AvgIpc) is 2.13. The molecule has 1 rings (SSSR count). The molecule has 0 saturated carbocycles. The van der Waals surface area contributed by atoms with Crippen LogP contribution in [0.3, 0.4) is 0 Å². The molecule has 5 heteroatoms. The first-order chi connectivity index (χ1) is 4.46. The van der Waals surface area contributed by atoms with Crippen LogP contribution in [0.4, 0.5) is 13.2 Å². The van der Waals surface area contributed by atoms with Crippen molar-refractivity contribution in [3.05, 3.63) is 0 Å². The number of alkyl halides is 3. The van der Waals surface area contributed by atoms with E-state index in [1.54, 1.807) is 0 Å². The van der Waals surface area contributed by atoms with Gasteiger partial charge in [0, 0.05) is 13.2 Å². The van der Waals surface area contributed by atoms with Crippen LogP contribution < -0.4 is 10.6 Å². The van der Waals surface area contributed by atoms with Gasteiger partial charge in [0.1, 0.15) is 5.54 Å². The molecular formula is C5H9F3N2. The summed E-state index contributed by atoms with van der Waals surface area (Å²) >= 11 is 0. The molecule has 0 aromatic carbocycles. The molecule has 2 nitrogen and oxygen atoms in total. The highest BCUT2D eigenvalue weighted by atomic mass is 19.4. The van der Waals surface area contributed by atoms with Crippen LogP contribution in [0.25, 0.3) is 0 Å². The lowest BCUT2D eigenvalue weighted by Crippen LogP contribution is -2.52. The topological polar surface area (TPSA) is 24.1 Å². The van der Waals surface area contributed by atoms with Gasteiger partial charge in [-0.05, 0) is 6.92 Å². The van der Waals surface area contributed by atoms with Gasteiger partial charge in [-0.3, -0.25) is 5.32 Å². The van der Waals surface area contributed by atoms with E-state index in [-0.39, 0.29) is 13.2 Å². The minimum atomic E-state index is -4.16. The SMILES string of the molecule is C[C@@]1(C(F)(F)F)CNCN1. The molecule has 1 aliphatic heterocycles. The fourth-order valence-electron chi connectivity index (χ4n) is 0.833. The smallest absolute Gasteiger partial charge is 0.302 e. The molecule has 1 aliphatic rings. The van der Waals surface area contributed by atoms with Gasteiger partial charge in [0.05, 0.1) is 0 Å². The summed E-state index contributed by atoms with van der Waals surface area (Å²) in [6.07, 6.45) is -4.16. The lowest BCUT2D eigenvalue weighted by Gasteiger charge is -2.26. The minimum Gasteiger partial charge on any atom is -0.302 e. The number of hydrogen-bond acceptors (Lipinski definition) is 2. The van der Waals surface area contributed by atoms with E-state index < -0.39 is 11.7 Å². The largest absolute Gasteiger partial charge is 0.407 e. The lowest BCUT2D eigenvalue weighted by atomic mass is 10.0. The van der Waals surface area contributed by atoms with Crippen molar-refractivity contribution in [2.24, 2.45) is 0 Å². The fourth-order valence-corrected chi connectivity index (χ4v) is 0.833. The molecule has 2 N–H and O–H groups in total. The Kier molecular flexibility index (Phi) is 1.64. The van der Waals surface area contributed by atoms with Gasteiger partial charge < -0.3 is 5.32 Å². The van der Waals surface area contributed by atoms with Crippen LogP contribution in [0, 0.1) is 0 Å². The zero-order chi connectivity index (χ0) is 7.83. The lowest BCUT2D eigenvalue weighted by molar-refractivity contribution is -0.182. The molecular weight excluding hydrogens is 145 g/mol. The van der Waals surface area contributed by atoms with Crippen LogP contribution in [0.5, 0.6) is 0 Å². The molecule has 1 saturated heterocycles. The molecule has 0 aromatic rings. The summed E-state index contributed by atoms with van der Waals surface area (Å²) in [5.41, 5.74) is -1.73. The summed E-state index contributed by atoms with van der Waals surface area (Å²) in [7, 11) is 0. The van der Waals surface area contributed by atoms with Crippen LogP contribution in [-0.4, -0.2) is 24.9 Å². The maximum atomic E-state index is 12.0. The molecule has 1 heterocycles. The van der Waals surface area contributed by atoms with E-state index >= 15 is 0 Å². The Morgan fingerprint density at radius 3 is 2.20 bits per heavy atom. The monoisotopic (exact) mass is 154 g/mol. The zero-order valence-electron chi connectivity index (χ0n) is 5.55. The molecule has 0 aromatic heterocycles. The van der Waals surface area contributed by atoms with Gasteiger partial charge in [-0.1, -0.05) is 0 Å². The van der Waals surface area contributed by atoms with Gasteiger partial charge in [-0.2, -0.15) is 13.2 Å². The third-order valence-corrected chi connectivity index (χ3v) is 1.71. The molecule has 1 fully saturated rings. The zero-order valence-corrected chi connectivity index (χ0v) is 5.55. The van der Waals surface area contributed by atoms with Crippen molar-refractivity contribution in [1.82, 2.24) is 10.6 Å². The van der Waals surface area contributed by atoms with Gasteiger partial charge in [0.15, 0.2) is 0 Å². The highest BCUT2D eigenvalue weighted by molar-refractivity contribution is 4.96. The van der Waals surface area contributed by atoms with Gasteiger partial charge in [0.25, 0.3) is 0 Å². The van der Waals surface area contributed by atoms with Crippen molar-refractivity contribution in [2.75, 3.05) is 13.2 Å². The molecule has 0 aliphatic carbocycles. The van der Waals surface area contributed by atoms with Crippen molar-refractivity contribution >= 4 is 0 Å². The van der Waals surface area contributed by atoms with E-state index in [0.29, 0.717) is 0 Å². The van der Waals surface area contributed by atoms with Crippen LogP contribution >= 0.6 is 0 Å². The number of hydrogen-bond donors (Lipinski definition) is 2. The highest BCUT2D eigenvalue weighted by Gasteiger charge is 2.52. The highest BCUT2D eigenvalue weighted by Crippen LogP contribution is 2.30.